The summed E-state index contributed by atoms with van der Waals surface area (Å²) in [6.07, 6.45) is 4.91. The van der Waals surface area contributed by atoms with Crippen molar-refractivity contribution in [3.8, 4) is 0 Å². The van der Waals surface area contributed by atoms with E-state index < -0.39 is 10.0 Å². The first-order chi connectivity index (χ1) is 11.6. The third-order valence-corrected chi connectivity index (χ3v) is 5.84. The van der Waals surface area contributed by atoms with Gasteiger partial charge in [-0.15, -0.1) is 0 Å². The van der Waals surface area contributed by atoms with Gasteiger partial charge in [-0.1, -0.05) is 0 Å². The summed E-state index contributed by atoms with van der Waals surface area (Å²) >= 11 is 0. The number of nitrogens with zero attached hydrogens (tertiary/aromatic N) is 2. The maximum atomic E-state index is 12.2. The smallest absolute Gasteiger partial charge is 0.251 e. The van der Waals surface area contributed by atoms with Gasteiger partial charge in [-0.3, -0.25) is 14.1 Å². The summed E-state index contributed by atoms with van der Waals surface area (Å²) in [4.78, 5) is 16.1. The minimum Gasteiger partial charge on any atom is -0.348 e. The molecule has 0 unspecified atom stereocenters. The predicted molar refractivity (Wildman–Crippen MR) is 92.2 cm³/mol. The molecular weight excluding hydrogens is 326 g/mol. The van der Waals surface area contributed by atoms with Crippen molar-refractivity contribution < 1.29 is 13.2 Å². The van der Waals surface area contributed by atoms with Crippen LogP contribution in [0, 0.1) is 0 Å². The lowest BCUT2D eigenvalue weighted by Gasteiger charge is -2.28. The Morgan fingerprint density at radius 3 is 2.46 bits per heavy atom. The number of hydrogen-bond donors (Lipinski definition) is 1. The summed E-state index contributed by atoms with van der Waals surface area (Å²) in [5.74, 6) is -0.0129. The average Bonchev–Trinajstić information content (AvgIpc) is 2.60. The maximum absolute atomic E-state index is 12.2. The second-order valence-corrected chi connectivity index (χ2v) is 7.69. The number of sulfonamides is 1. The van der Waals surface area contributed by atoms with E-state index in [9.17, 15) is 13.2 Å². The number of nitrogens with one attached hydrogen (secondary N) is 1. The zero-order valence-corrected chi connectivity index (χ0v) is 14.0. The Morgan fingerprint density at radius 2 is 1.79 bits per heavy atom. The summed E-state index contributed by atoms with van der Waals surface area (Å²) in [5.41, 5.74) is 2.08. The standard InChI is InChI=1S/C17H19N3O3S/c21-17(19-13-14-7-9-18-10-8-14)15-3-5-16(6-4-15)20-11-1-2-12-24(20,22)23/h3-10H,1-2,11-13H2,(H,19,21). The second-order valence-electron chi connectivity index (χ2n) is 5.68. The molecule has 1 aliphatic rings. The third kappa shape index (κ3) is 3.73. The average molecular weight is 345 g/mol. The number of rotatable bonds is 4. The zero-order valence-electron chi connectivity index (χ0n) is 13.2. The molecule has 0 aliphatic carbocycles. The van der Waals surface area contributed by atoms with Crippen LogP contribution in [0.5, 0.6) is 0 Å². The van der Waals surface area contributed by atoms with Crippen LogP contribution >= 0.6 is 0 Å². The van der Waals surface area contributed by atoms with Crippen molar-refractivity contribution in [2.75, 3.05) is 16.6 Å². The molecule has 2 aromatic rings. The van der Waals surface area contributed by atoms with E-state index >= 15 is 0 Å². The van der Waals surface area contributed by atoms with Gasteiger partial charge in [0.05, 0.1) is 11.4 Å². The largest absolute Gasteiger partial charge is 0.348 e. The van der Waals surface area contributed by atoms with Crippen molar-refractivity contribution in [3.63, 3.8) is 0 Å². The van der Waals surface area contributed by atoms with Crippen LogP contribution in [-0.4, -0.2) is 31.6 Å². The first kappa shape index (κ1) is 16.4. The van der Waals surface area contributed by atoms with Gasteiger partial charge in [0.1, 0.15) is 0 Å². The lowest BCUT2D eigenvalue weighted by atomic mass is 10.2. The number of anilines is 1. The number of carbonyl (C=O) groups excluding carboxylic acids is 1. The van der Waals surface area contributed by atoms with Crippen molar-refractivity contribution in [2.45, 2.75) is 19.4 Å². The molecule has 0 bridgehead atoms. The SMILES string of the molecule is O=C(NCc1ccncc1)c1ccc(N2CCCCS2(=O)=O)cc1. The summed E-state index contributed by atoms with van der Waals surface area (Å²) in [7, 11) is -3.23. The third-order valence-electron chi connectivity index (χ3n) is 3.97. The molecule has 1 aromatic carbocycles. The van der Waals surface area contributed by atoms with Gasteiger partial charge in [-0.05, 0) is 54.8 Å². The van der Waals surface area contributed by atoms with Crippen LogP contribution in [0.3, 0.4) is 0 Å². The second kappa shape index (κ2) is 7.00. The summed E-state index contributed by atoms with van der Waals surface area (Å²) in [5, 5.41) is 2.83. The van der Waals surface area contributed by atoms with E-state index in [4.69, 9.17) is 0 Å². The zero-order chi connectivity index (χ0) is 17.0. The topological polar surface area (TPSA) is 79.4 Å². The number of hydrogen-bond acceptors (Lipinski definition) is 4. The lowest BCUT2D eigenvalue weighted by Crippen LogP contribution is -2.37. The van der Waals surface area contributed by atoms with Gasteiger partial charge in [-0.2, -0.15) is 0 Å². The Kier molecular flexibility index (Phi) is 4.80. The number of benzene rings is 1. The number of carbonyl (C=O) groups is 1. The van der Waals surface area contributed by atoms with Gasteiger partial charge in [0.25, 0.3) is 5.91 Å². The molecule has 1 saturated heterocycles. The Labute approximate surface area is 141 Å². The molecule has 1 aliphatic heterocycles. The molecule has 1 N–H and O–H groups in total. The highest BCUT2D eigenvalue weighted by Crippen LogP contribution is 2.23. The summed E-state index contributed by atoms with van der Waals surface area (Å²) in [6, 6.07) is 10.4. The predicted octanol–water partition coefficient (Wildman–Crippen LogP) is 1.94. The minimum absolute atomic E-state index is 0.182. The molecule has 6 nitrogen and oxygen atoms in total. The molecule has 24 heavy (non-hydrogen) atoms. The first-order valence-corrected chi connectivity index (χ1v) is 9.45. The van der Waals surface area contributed by atoms with Crippen LogP contribution in [0.25, 0.3) is 0 Å². The summed E-state index contributed by atoms with van der Waals surface area (Å²) in [6.45, 7) is 0.916. The number of aromatic nitrogens is 1. The number of amides is 1. The summed E-state index contributed by atoms with van der Waals surface area (Å²) < 4.78 is 25.6. The molecule has 0 radical (unpaired) electrons. The van der Waals surface area contributed by atoms with Crippen LogP contribution in [0.2, 0.25) is 0 Å². The molecule has 0 atom stereocenters. The molecule has 2 heterocycles. The molecule has 1 fully saturated rings. The Hall–Kier alpha value is -2.41. The van der Waals surface area contributed by atoms with Crippen molar-refractivity contribution in [3.05, 3.63) is 59.9 Å². The normalized spacial score (nSPS) is 16.6. The highest BCUT2D eigenvalue weighted by atomic mass is 32.2. The van der Waals surface area contributed by atoms with Crippen molar-refractivity contribution in [1.82, 2.24) is 10.3 Å². The van der Waals surface area contributed by atoms with E-state index in [2.05, 4.69) is 10.3 Å². The van der Waals surface area contributed by atoms with Crippen LogP contribution in [-0.2, 0) is 16.6 Å². The fraction of sp³-hybridized carbons (Fsp3) is 0.294. The van der Waals surface area contributed by atoms with E-state index in [0.717, 1.165) is 12.0 Å². The van der Waals surface area contributed by atoms with Crippen molar-refractivity contribution in [1.29, 1.82) is 0 Å². The van der Waals surface area contributed by atoms with E-state index in [1.54, 1.807) is 36.7 Å². The fourth-order valence-corrected chi connectivity index (χ4v) is 4.28. The Balaban J connectivity index is 1.66. The molecule has 1 amide bonds. The van der Waals surface area contributed by atoms with E-state index in [-0.39, 0.29) is 11.7 Å². The van der Waals surface area contributed by atoms with E-state index in [1.165, 1.54) is 4.31 Å². The lowest BCUT2D eigenvalue weighted by molar-refractivity contribution is 0.0951. The van der Waals surface area contributed by atoms with Gasteiger partial charge >= 0.3 is 0 Å². The molecule has 3 rings (SSSR count). The fourth-order valence-electron chi connectivity index (χ4n) is 2.64. The van der Waals surface area contributed by atoms with Crippen LogP contribution in [0.1, 0.15) is 28.8 Å². The van der Waals surface area contributed by atoms with Crippen molar-refractivity contribution in [2.24, 2.45) is 0 Å². The molecular formula is C17H19N3O3S. The number of pyridine rings is 1. The highest BCUT2D eigenvalue weighted by molar-refractivity contribution is 7.92. The molecule has 7 heteroatoms. The van der Waals surface area contributed by atoms with Crippen LogP contribution in [0.15, 0.2) is 48.8 Å². The van der Waals surface area contributed by atoms with Crippen molar-refractivity contribution >= 4 is 21.6 Å². The first-order valence-electron chi connectivity index (χ1n) is 7.84. The van der Waals surface area contributed by atoms with Gasteiger partial charge in [-0.25, -0.2) is 8.42 Å². The van der Waals surface area contributed by atoms with Gasteiger partial charge < -0.3 is 5.32 Å². The van der Waals surface area contributed by atoms with E-state index in [1.807, 2.05) is 12.1 Å². The van der Waals surface area contributed by atoms with Crippen LogP contribution < -0.4 is 9.62 Å². The van der Waals surface area contributed by atoms with Crippen LogP contribution in [0.4, 0.5) is 5.69 Å². The molecule has 0 saturated carbocycles. The van der Waals surface area contributed by atoms with Gasteiger partial charge in [0.2, 0.25) is 10.0 Å². The van der Waals surface area contributed by atoms with Gasteiger partial charge in [0.15, 0.2) is 0 Å². The van der Waals surface area contributed by atoms with Gasteiger partial charge in [0, 0.05) is 31.0 Å². The van der Waals surface area contributed by atoms with E-state index in [0.29, 0.717) is 30.8 Å². The molecule has 126 valence electrons. The Morgan fingerprint density at radius 1 is 1.08 bits per heavy atom. The molecule has 0 spiro atoms. The maximum Gasteiger partial charge on any atom is 0.251 e. The minimum atomic E-state index is -3.23. The quantitative estimate of drug-likeness (QED) is 0.918. The molecule has 1 aromatic heterocycles. The monoisotopic (exact) mass is 345 g/mol. The highest BCUT2D eigenvalue weighted by Gasteiger charge is 2.25. The Bertz CT molecular complexity index is 805.